The molecule has 0 aliphatic carbocycles. The van der Waals surface area contributed by atoms with Crippen molar-refractivity contribution in [2.45, 2.75) is 70.5 Å². The molecule has 4 fully saturated rings. The normalized spacial score (nSPS) is 25.0. The van der Waals surface area contributed by atoms with Crippen LogP contribution < -0.4 is 20.7 Å². The topological polar surface area (TPSA) is 338 Å². The van der Waals surface area contributed by atoms with Crippen LogP contribution in [0.4, 0.5) is 11.4 Å². The van der Waals surface area contributed by atoms with E-state index in [-0.39, 0.29) is 25.3 Å². The van der Waals surface area contributed by atoms with Crippen LogP contribution in [0.2, 0.25) is 0 Å². The molecule has 86 heavy (non-hydrogen) atoms. The van der Waals surface area contributed by atoms with Gasteiger partial charge in [-0.05, 0) is 82.2 Å². The Bertz CT molecular complexity index is 3510. The minimum Gasteiger partial charge on any atom is -0.457 e. The minimum absolute atomic E-state index is 0. The molecule has 6 aromatic rings. The van der Waals surface area contributed by atoms with Crippen LogP contribution >= 0.6 is 0 Å². The highest BCUT2D eigenvalue weighted by molar-refractivity contribution is 7.93. The van der Waals surface area contributed by atoms with Crippen molar-refractivity contribution in [3.8, 4) is 34.8 Å². The monoisotopic (exact) mass is 1200 g/mol. The number of hydrogen-bond donors (Lipinski definition) is 10. The number of carbonyl (C=O) groups excluding carboxylic acids is 1. The van der Waals surface area contributed by atoms with Crippen molar-refractivity contribution < 1.29 is 71.6 Å². The number of benzene rings is 4. The smallest absolute Gasteiger partial charge is 0.262 e. The first-order chi connectivity index (χ1) is 41.0. The second-order valence-electron chi connectivity index (χ2n) is 21.4. The van der Waals surface area contributed by atoms with Crippen molar-refractivity contribution in [2.75, 3.05) is 103 Å². The number of hydrogen-bond acceptors (Lipinski definition) is 21. The third kappa shape index (κ3) is 16.5. The molecule has 2 unspecified atom stereocenters. The molecular formula is C62H76N8O15S. The van der Waals surface area contributed by atoms with Gasteiger partial charge in [0.05, 0.1) is 38.6 Å². The third-order valence-electron chi connectivity index (χ3n) is 15.6. The number of ether oxygens (including phenoxy) is 4. The molecule has 6 heterocycles. The molecule has 0 saturated carbocycles. The van der Waals surface area contributed by atoms with Crippen LogP contribution in [0.3, 0.4) is 0 Å². The van der Waals surface area contributed by atoms with Gasteiger partial charge in [0.25, 0.3) is 15.9 Å². The SMILES string of the molecule is C.C[C@H]1C(O)O[C@H](CNC(=O)/C(C#N)=C/c2ccc(-c3ccc4cc(NCCN5CCOCC5)ccc4c3)o2)[C@@H](O)[C@@H]1O.C[C@H]1C(O)O[C@H](CNS(=O)(=O)/C(C#N)=C/c2ccc(-c3ccc4cc(NCCN5CCOCC5)ccc4c3)o2)[C@@H](O)[C@@H]1O. The van der Waals surface area contributed by atoms with Gasteiger partial charge in [0.15, 0.2) is 17.5 Å². The molecule has 0 bridgehead atoms. The quantitative estimate of drug-likeness (QED) is 0.0400. The Morgan fingerprint density at radius 1 is 0.593 bits per heavy atom. The summed E-state index contributed by atoms with van der Waals surface area (Å²) in [4.78, 5) is 16.8. The van der Waals surface area contributed by atoms with E-state index in [2.05, 4.69) is 54.7 Å². The van der Waals surface area contributed by atoms with E-state index in [4.69, 9.17) is 27.8 Å². The molecule has 24 heteroatoms. The number of fused-ring (bicyclic) bond motifs is 2. The Hall–Kier alpha value is -7.08. The number of allylic oxidation sites excluding steroid dienone is 1. The molecule has 10 atom stereocenters. The van der Waals surface area contributed by atoms with E-state index in [0.717, 1.165) is 129 Å². The standard InChI is InChI=1S/C31H36N4O7.C30H36N4O8S.CH4/c1-19-28(36)29(37)27(42-31(19)39)18-34-30(38)23(17-32)16-25-6-7-26(41-25)22-3-2-21-15-24(5-4-20(21)14-22)33-8-9-35-10-12-40-13-11-35;1-19-28(35)29(36)27(42-30(19)37)18-33-43(38,39)25(17-31)16-24-6-7-26(41-24)22-3-2-21-15-23(5-4-20(21)14-22)32-8-9-34-10-12-40-13-11-34;/h2-7,14-16,19,27-29,31,33,36-37,39H,8-13,18H2,1H3,(H,34,38);2-7,14-16,19,27-30,32-33,35-37H,8-13,18H2,1H3;1H4/b23-16+;25-16+;/t19-,27-,28-,29-,31?;19-,27-,28-,29-,30?;/m11./s1. The summed E-state index contributed by atoms with van der Waals surface area (Å²) in [5.74, 6) is -0.561. The molecule has 10 rings (SSSR count). The average molecular weight is 1210 g/mol. The van der Waals surface area contributed by atoms with Crippen molar-refractivity contribution in [2.24, 2.45) is 11.8 Å². The second kappa shape index (κ2) is 30.0. The van der Waals surface area contributed by atoms with Crippen LogP contribution in [-0.4, -0.2) is 196 Å². The van der Waals surface area contributed by atoms with Gasteiger partial charge in [0.2, 0.25) is 0 Å². The first-order valence-corrected chi connectivity index (χ1v) is 29.7. The van der Waals surface area contributed by atoms with Crippen LogP contribution in [0.1, 0.15) is 32.8 Å². The number of aliphatic hydroxyl groups excluding tert-OH is 6. The van der Waals surface area contributed by atoms with E-state index < -0.39 is 88.4 Å². The van der Waals surface area contributed by atoms with E-state index in [1.54, 1.807) is 37.3 Å². The number of nitriles is 2. The zero-order chi connectivity index (χ0) is 60.2. The van der Waals surface area contributed by atoms with Crippen LogP contribution in [0, 0.1) is 34.5 Å². The highest BCUT2D eigenvalue weighted by Crippen LogP contribution is 2.32. The summed E-state index contributed by atoms with van der Waals surface area (Å²) in [7, 11) is -4.32. The first-order valence-electron chi connectivity index (χ1n) is 28.2. The largest absolute Gasteiger partial charge is 0.457 e. The Morgan fingerprint density at radius 2 is 1.03 bits per heavy atom. The van der Waals surface area contributed by atoms with Gasteiger partial charge in [-0.25, -0.2) is 13.1 Å². The highest BCUT2D eigenvalue weighted by Gasteiger charge is 2.43. The van der Waals surface area contributed by atoms with Gasteiger partial charge in [-0.2, -0.15) is 10.5 Å². The average Bonchev–Trinajstić information content (AvgIpc) is 2.80. The molecule has 460 valence electrons. The maximum absolute atomic E-state index is 12.8. The van der Waals surface area contributed by atoms with Crippen molar-refractivity contribution in [3.05, 3.63) is 119 Å². The van der Waals surface area contributed by atoms with Gasteiger partial charge >= 0.3 is 0 Å². The van der Waals surface area contributed by atoms with Crippen molar-refractivity contribution in [1.82, 2.24) is 19.8 Å². The molecular weight excluding hydrogens is 1130 g/mol. The molecule has 4 aliphatic rings. The van der Waals surface area contributed by atoms with Crippen LogP contribution in [0.15, 0.2) is 116 Å². The number of sulfonamides is 1. The fraction of sp³-hybridized carbons (Fsp3) is 0.435. The zero-order valence-corrected chi connectivity index (χ0v) is 47.9. The molecule has 0 radical (unpaired) electrons. The number of anilines is 2. The Balaban J connectivity index is 0.000000221. The summed E-state index contributed by atoms with van der Waals surface area (Å²) >= 11 is 0. The van der Waals surface area contributed by atoms with Gasteiger partial charge in [-0.15, -0.1) is 0 Å². The molecule has 2 aromatic heterocycles. The van der Waals surface area contributed by atoms with Crippen molar-refractivity contribution >= 4 is 61.0 Å². The molecule has 4 saturated heterocycles. The van der Waals surface area contributed by atoms with E-state index in [0.29, 0.717) is 17.3 Å². The van der Waals surface area contributed by atoms with Crippen molar-refractivity contribution in [1.29, 1.82) is 10.5 Å². The fourth-order valence-corrected chi connectivity index (χ4v) is 11.1. The number of amides is 1. The second-order valence-corrected chi connectivity index (χ2v) is 23.1. The first kappa shape index (κ1) is 64.9. The number of nitrogens with zero attached hydrogens (tertiary/aromatic N) is 4. The lowest BCUT2D eigenvalue weighted by Crippen LogP contribution is -2.56. The number of furan rings is 2. The summed E-state index contributed by atoms with van der Waals surface area (Å²) in [6, 6.07) is 34.5. The lowest BCUT2D eigenvalue weighted by atomic mass is 9.92. The van der Waals surface area contributed by atoms with Gasteiger partial charge in [-0.1, -0.05) is 57.7 Å². The summed E-state index contributed by atoms with van der Waals surface area (Å²) in [5.41, 5.74) is 3.53. The van der Waals surface area contributed by atoms with E-state index in [1.807, 2.05) is 54.6 Å². The van der Waals surface area contributed by atoms with Gasteiger partial charge < -0.3 is 74.4 Å². The van der Waals surface area contributed by atoms with Crippen molar-refractivity contribution in [3.63, 3.8) is 0 Å². The number of nitrogens with one attached hydrogen (secondary N) is 4. The molecule has 4 aromatic carbocycles. The maximum atomic E-state index is 12.8. The number of rotatable bonds is 19. The predicted octanol–water partition coefficient (Wildman–Crippen LogP) is 4.28. The molecule has 10 N–H and O–H groups in total. The number of morpholine rings is 2. The summed E-state index contributed by atoms with van der Waals surface area (Å²) in [6.45, 7) is 13.0. The Kier molecular flexibility index (Phi) is 22.7. The van der Waals surface area contributed by atoms with E-state index in [1.165, 1.54) is 13.0 Å². The summed E-state index contributed by atoms with van der Waals surface area (Å²) in [6.07, 6.45) is -7.68. The number of aliphatic hydroxyl groups is 6. The summed E-state index contributed by atoms with van der Waals surface area (Å²) < 4.78 is 60.9. The molecule has 23 nitrogen and oxygen atoms in total. The van der Waals surface area contributed by atoms with Crippen LogP contribution in [0.25, 0.3) is 56.3 Å². The maximum Gasteiger partial charge on any atom is 0.262 e. The minimum atomic E-state index is -4.32. The van der Waals surface area contributed by atoms with Gasteiger partial charge in [-0.3, -0.25) is 14.6 Å². The lowest BCUT2D eigenvalue weighted by molar-refractivity contribution is -0.258. The van der Waals surface area contributed by atoms with Gasteiger partial charge in [0.1, 0.15) is 65.2 Å². The predicted molar refractivity (Wildman–Crippen MR) is 323 cm³/mol. The molecule has 4 aliphatic heterocycles. The van der Waals surface area contributed by atoms with Crippen LogP contribution in [-0.2, 0) is 33.8 Å². The molecule has 0 spiro atoms. The Morgan fingerprint density at radius 3 is 1.50 bits per heavy atom. The van der Waals surface area contributed by atoms with Gasteiger partial charge in [0, 0.05) is 112 Å². The fourth-order valence-electron chi connectivity index (χ4n) is 10.2. The third-order valence-corrected chi connectivity index (χ3v) is 16.9. The number of carbonyl (C=O) groups is 1. The van der Waals surface area contributed by atoms with E-state index in [9.17, 15) is 54.4 Å². The lowest BCUT2D eigenvalue weighted by Gasteiger charge is -2.39. The Labute approximate surface area is 499 Å². The zero-order valence-electron chi connectivity index (χ0n) is 47.1. The highest BCUT2D eigenvalue weighted by atomic mass is 32.2. The van der Waals surface area contributed by atoms with Crippen LogP contribution in [0.5, 0.6) is 0 Å². The summed E-state index contributed by atoms with van der Waals surface area (Å²) in [5, 5.41) is 93.1. The molecule has 1 amide bonds. The van der Waals surface area contributed by atoms with E-state index >= 15 is 0 Å².